The number of carbonyl (C=O) groups is 1. The van der Waals surface area contributed by atoms with Crippen molar-refractivity contribution in [3.8, 4) is 11.5 Å². The predicted octanol–water partition coefficient (Wildman–Crippen LogP) is 1.53. The lowest BCUT2D eigenvalue weighted by Crippen LogP contribution is -2.25. The van der Waals surface area contributed by atoms with Crippen LogP contribution in [-0.2, 0) is 10.4 Å². The van der Waals surface area contributed by atoms with Crippen LogP contribution in [-0.4, -0.2) is 29.4 Å². The van der Waals surface area contributed by atoms with Crippen molar-refractivity contribution in [2.24, 2.45) is 0 Å². The van der Waals surface area contributed by atoms with Crippen molar-refractivity contribution in [1.82, 2.24) is 0 Å². The minimum Gasteiger partial charge on any atom is -0.490 e. The Labute approximate surface area is 105 Å². The fourth-order valence-corrected chi connectivity index (χ4v) is 1.89. The molecule has 18 heavy (non-hydrogen) atoms. The number of carboxylic acids is 1. The number of rotatable bonds is 3. The van der Waals surface area contributed by atoms with Crippen LogP contribution in [0.1, 0.15) is 25.3 Å². The summed E-state index contributed by atoms with van der Waals surface area (Å²) in [4.78, 5) is 10.7. The third kappa shape index (κ3) is 2.73. The van der Waals surface area contributed by atoms with Gasteiger partial charge in [0.15, 0.2) is 11.5 Å². The van der Waals surface area contributed by atoms with Crippen LogP contribution < -0.4 is 9.47 Å². The number of hydrogen-bond donors (Lipinski definition) is 2. The van der Waals surface area contributed by atoms with Gasteiger partial charge in [-0.25, -0.2) is 0 Å². The first-order valence-electron chi connectivity index (χ1n) is 5.83. The van der Waals surface area contributed by atoms with E-state index in [2.05, 4.69) is 0 Å². The number of fused-ring (bicyclic) bond motifs is 1. The molecule has 5 nitrogen and oxygen atoms in total. The molecule has 0 fully saturated rings. The van der Waals surface area contributed by atoms with E-state index in [0.29, 0.717) is 30.3 Å². The molecule has 1 aromatic rings. The predicted molar refractivity (Wildman–Crippen MR) is 63.9 cm³/mol. The van der Waals surface area contributed by atoms with Crippen LogP contribution >= 0.6 is 0 Å². The topological polar surface area (TPSA) is 76.0 Å². The highest BCUT2D eigenvalue weighted by Gasteiger charge is 2.28. The number of hydrogen-bond acceptors (Lipinski definition) is 4. The Balaban J connectivity index is 2.30. The number of ether oxygens (including phenoxy) is 2. The van der Waals surface area contributed by atoms with Crippen LogP contribution in [0.2, 0.25) is 0 Å². The normalized spacial score (nSPS) is 17.7. The molecular formula is C13H16O5. The summed E-state index contributed by atoms with van der Waals surface area (Å²) in [5.41, 5.74) is -0.912. The molecule has 0 amide bonds. The second kappa shape index (κ2) is 4.86. The molecule has 1 aromatic carbocycles. The first-order chi connectivity index (χ1) is 8.49. The van der Waals surface area contributed by atoms with E-state index in [-0.39, 0.29) is 6.42 Å². The molecule has 0 aromatic heterocycles. The second-order valence-electron chi connectivity index (χ2n) is 4.56. The fourth-order valence-electron chi connectivity index (χ4n) is 1.89. The van der Waals surface area contributed by atoms with Crippen molar-refractivity contribution >= 4 is 5.97 Å². The van der Waals surface area contributed by atoms with Crippen LogP contribution in [0.4, 0.5) is 0 Å². The summed E-state index contributed by atoms with van der Waals surface area (Å²) in [5, 5.41) is 18.9. The summed E-state index contributed by atoms with van der Waals surface area (Å²) in [5.74, 6) is 0.130. The van der Waals surface area contributed by atoms with Gasteiger partial charge in [-0.3, -0.25) is 4.79 Å². The maximum Gasteiger partial charge on any atom is 0.306 e. The third-order valence-electron chi connectivity index (χ3n) is 2.86. The summed E-state index contributed by atoms with van der Waals surface area (Å²) in [6, 6.07) is 5.01. The number of aliphatic hydroxyl groups is 1. The molecule has 1 aliphatic heterocycles. The average molecular weight is 252 g/mol. The van der Waals surface area contributed by atoms with E-state index in [0.717, 1.165) is 6.42 Å². The monoisotopic (exact) mass is 252 g/mol. The van der Waals surface area contributed by atoms with E-state index in [4.69, 9.17) is 14.6 Å². The smallest absolute Gasteiger partial charge is 0.306 e. The first kappa shape index (κ1) is 12.7. The molecule has 1 aliphatic rings. The molecule has 1 heterocycles. The zero-order valence-electron chi connectivity index (χ0n) is 10.2. The zero-order chi connectivity index (χ0) is 13.2. The second-order valence-corrected chi connectivity index (χ2v) is 4.56. The molecule has 1 atom stereocenters. The molecule has 0 saturated heterocycles. The SMILES string of the molecule is CC(O)(CC(=O)O)c1ccc2c(c1)OCCCO2. The van der Waals surface area contributed by atoms with Crippen LogP contribution in [0.15, 0.2) is 18.2 Å². The Morgan fingerprint density at radius 1 is 1.33 bits per heavy atom. The standard InChI is InChI=1S/C13H16O5/c1-13(16,8-12(14)15)9-3-4-10-11(7-9)18-6-2-5-17-10/h3-4,7,16H,2,5-6,8H2,1H3,(H,14,15). The van der Waals surface area contributed by atoms with Crippen molar-refractivity contribution in [2.75, 3.05) is 13.2 Å². The molecule has 5 heteroatoms. The molecule has 98 valence electrons. The van der Waals surface area contributed by atoms with Crippen LogP contribution in [0, 0.1) is 0 Å². The fraction of sp³-hybridized carbons (Fsp3) is 0.462. The molecule has 0 bridgehead atoms. The van der Waals surface area contributed by atoms with Crippen LogP contribution in [0.3, 0.4) is 0 Å². The van der Waals surface area contributed by atoms with Gasteiger partial charge in [0.25, 0.3) is 0 Å². The van der Waals surface area contributed by atoms with E-state index in [1.807, 2.05) is 0 Å². The Bertz CT molecular complexity index is 453. The number of carboxylic acid groups (broad SMARTS) is 1. The highest BCUT2D eigenvalue weighted by Crippen LogP contribution is 2.35. The Morgan fingerprint density at radius 2 is 2.00 bits per heavy atom. The average Bonchev–Trinajstić information content (AvgIpc) is 2.51. The highest BCUT2D eigenvalue weighted by atomic mass is 16.5. The molecular weight excluding hydrogens is 236 g/mol. The van der Waals surface area contributed by atoms with Crippen molar-refractivity contribution in [3.05, 3.63) is 23.8 Å². The van der Waals surface area contributed by atoms with Gasteiger partial charge in [-0.15, -0.1) is 0 Å². The van der Waals surface area contributed by atoms with Gasteiger partial charge >= 0.3 is 5.97 Å². The summed E-state index contributed by atoms with van der Waals surface area (Å²) >= 11 is 0. The van der Waals surface area contributed by atoms with E-state index in [1.54, 1.807) is 18.2 Å². The summed E-state index contributed by atoms with van der Waals surface area (Å²) < 4.78 is 11.0. The lowest BCUT2D eigenvalue weighted by atomic mass is 9.92. The Hall–Kier alpha value is -1.75. The summed E-state index contributed by atoms with van der Waals surface area (Å²) in [7, 11) is 0. The quantitative estimate of drug-likeness (QED) is 0.853. The summed E-state index contributed by atoms with van der Waals surface area (Å²) in [6.07, 6.45) is 0.447. The van der Waals surface area contributed by atoms with E-state index in [9.17, 15) is 9.90 Å². The van der Waals surface area contributed by atoms with E-state index < -0.39 is 11.6 Å². The minimum atomic E-state index is -1.42. The Morgan fingerprint density at radius 3 is 2.67 bits per heavy atom. The zero-order valence-corrected chi connectivity index (χ0v) is 10.2. The van der Waals surface area contributed by atoms with Gasteiger partial charge in [-0.2, -0.15) is 0 Å². The maximum absolute atomic E-state index is 10.7. The molecule has 2 N–H and O–H groups in total. The van der Waals surface area contributed by atoms with Crippen molar-refractivity contribution in [3.63, 3.8) is 0 Å². The first-order valence-corrected chi connectivity index (χ1v) is 5.83. The van der Waals surface area contributed by atoms with Crippen molar-refractivity contribution in [2.45, 2.75) is 25.4 Å². The molecule has 0 aliphatic carbocycles. The van der Waals surface area contributed by atoms with E-state index in [1.165, 1.54) is 6.92 Å². The molecule has 0 spiro atoms. The van der Waals surface area contributed by atoms with Gasteiger partial charge in [0.2, 0.25) is 0 Å². The molecule has 2 rings (SSSR count). The van der Waals surface area contributed by atoms with Crippen LogP contribution in [0.5, 0.6) is 11.5 Å². The maximum atomic E-state index is 10.7. The van der Waals surface area contributed by atoms with Gasteiger partial charge in [0.05, 0.1) is 25.2 Å². The minimum absolute atomic E-state index is 0.355. The van der Waals surface area contributed by atoms with Crippen LogP contribution in [0.25, 0.3) is 0 Å². The Kier molecular flexibility index (Phi) is 3.43. The van der Waals surface area contributed by atoms with Gasteiger partial charge in [0.1, 0.15) is 0 Å². The van der Waals surface area contributed by atoms with Gasteiger partial charge in [-0.05, 0) is 24.6 Å². The molecule has 0 saturated carbocycles. The van der Waals surface area contributed by atoms with Crippen molar-refractivity contribution < 1.29 is 24.5 Å². The largest absolute Gasteiger partial charge is 0.490 e. The highest BCUT2D eigenvalue weighted by molar-refractivity contribution is 5.68. The van der Waals surface area contributed by atoms with Gasteiger partial charge in [0, 0.05) is 6.42 Å². The number of benzene rings is 1. The summed E-state index contributed by atoms with van der Waals surface area (Å²) in [6.45, 7) is 2.62. The third-order valence-corrected chi connectivity index (χ3v) is 2.86. The van der Waals surface area contributed by atoms with Crippen molar-refractivity contribution in [1.29, 1.82) is 0 Å². The van der Waals surface area contributed by atoms with Gasteiger partial charge < -0.3 is 19.7 Å². The number of aliphatic carboxylic acids is 1. The lowest BCUT2D eigenvalue weighted by molar-refractivity contribution is -0.142. The molecule has 0 radical (unpaired) electrons. The van der Waals surface area contributed by atoms with E-state index >= 15 is 0 Å². The van der Waals surface area contributed by atoms with Gasteiger partial charge in [-0.1, -0.05) is 6.07 Å². The molecule has 1 unspecified atom stereocenters. The lowest BCUT2D eigenvalue weighted by Gasteiger charge is -2.22.